The molecule has 2 aliphatic rings. The van der Waals surface area contributed by atoms with Crippen LogP contribution < -0.4 is 15.4 Å². The van der Waals surface area contributed by atoms with Gasteiger partial charge in [0, 0.05) is 30.2 Å². The van der Waals surface area contributed by atoms with Crippen LogP contribution in [0.25, 0.3) is 22.0 Å². The third kappa shape index (κ3) is 3.54. The summed E-state index contributed by atoms with van der Waals surface area (Å²) >= 11 is 0. The Labute approximate surface area is 213 Å². The molecule has 0 unspecified atom stereocenters. The molecular formula is C28H25N5O4. The number of carbonyl (C=O) groups is 3. The number of amides is 4. The number of nitrogens with zero attached hydrogens (tertiary/aromatic N) is 3. The monoisotopic (exact) mass is 495 g/mol. The summed E-state index contributed by atoms with van der Waals surface area (Å²) in [6.45, 7) is 2.37. The summed E-state index contributed by atoms with van der Waals surface area (Å²) in [4.78, 5) is 40.2. The van der Waals surface area contributed by atoms with Crippen molar-refractivity contribution in [1.29, 1.82) is 0 Å². The Morgan fingerprint density at radius 3 is 2.46 bits per heavy atom. The summed E-state index contributed by atoms with van der Waals surface area (Å²) < 4.78 is 7.12. The lowest BCUT2D eigenvalue weighted by Gasteiger charge is -2.31. The highest BCUT2D eigenvalue weighted by Gasteiger charge is 2.50. The number of urea groups is 1. The fourth-order valence-electron chi connectivity index (χ4n) is 5.23. The minimum absolute atomic E-state index is 0.000583. The van der Waals surface area contributed by atoms with Gasteiger partial charge in [-0.05, 0) is 53.4 Å². The van der Waals surface area contributed by atoms with Gasteiger partial charge in [-0.15, -0.1) is 0 Å². The van der Waals surface area contributed by atoms with Crippen molar-refractivity contribution in [2.24, 2.45) is 7.05 Å². The molecule has 1 fully saturated rings. The number of rotatable bonds is 5. The summed E-state index contributed by atoms with van der Waals surface area (Å²) in [7, 11) is 3.47. The fourth-order valence-corrected chi connectivity index (χ4v) is 5.23. The number of hydrogen-bond acceptors (Lipinski definition) is 5. The van der Waals surface area contributed by atoms with Crippen LogP contribution in [0, 0.1) is 6.92 Å². The maximum Gasteiger partial charge on any atom is 0.322 e. The first-order valence-corrected chi connectivity index (χ1v) is 11.9. The molecule has 0 spiro atoms. The second kappa shape index (κ2) is 8.19. The lowest BCUT2D eigenvalue weighted by atomic mass is 9.88. The average molecular weight is 496 g/mol. The van der Waals surface area contributed by atoms with Crippen molar-refractivity contribution < 1.29 is 19.1 Å². The molecule has 37 heavy (non-hydrogen) atoms. The van der Waals surface area contributed by atoms with E-state index in [-0.39, 0.29) is 12.5 Å². The second-order valence-electron chi connectivity index (χ2n) is 9.52. The number of ether oxygens (including phenoxy) is 1. The summed E-state index contributed by atoms with van der Waals surface area (Å²) in [5.74, 6) is -0.108. The first-order valence-electron chi connectivity index (χ1n) is 11.9. The van der Waals surface area contributed by atoms with Gasteiger partial charge in [0.2, 0.25) is 0 Å². The number of hydrogen-bond donors (Lipinski definition) is 2. The highest BCUT2D eigenvalue weighted by molar-refractivity contribution is 6.08. The zero-order valence-corrected chi connectivity index (χ0v) is 20.7. The van der Waals surface area contributed by atoms with E-state index < -0.39 is 17.5 Å². The third-order valence-electron chi connectivity index (χ3n) is 7.41. The van der Waals surface area contributed by atoms with Gasteiger partial charge in [-0.2, -0.15) is 5.10 Å². The van der Waals surface area contributed by atoms with Crippen molar-refractivity contribution in [2.75, 3.05) is 13.7 Å². The minimum atomic E-state index is -1.40. The molecule has 2 aliphatic heterocycles. The fraction of sp³-hybridized carbons (Fsp3) is 0.214. The molecule has 1 saturated heterocycles. The number of aromatic nitrogens is 2. The van der Waals surface area contributed by atoms with Crippen molar-refractivity contribution in [1.82, 2.24) is 25.3 Å². The topological polar surface area (TPSA) is 106 Å². The maximum atomic E-state index is 13.2. The number of methoxy groups -OCH3 is 1. The Kier molecular flexibility index (Phi) is 5.04. The van der Waals surface area contributed by atoms with Gasteiger partial charge in [-0.3, -0.25) is 19.6 Å². The van der Waals surface area contributed by atoms with E-state index >= 15 is 0 Å². The molecule has 186 valence electrons. The van der Waals surface area contributed by atoms with Crippen LogP contribution in [0.5, 0.6) is 5.75 Å². The number of carbonyl (C=O) groups excluding carboxylic acids is 3. The van der Waals surface area contributed by atoms with Crippen molar-refractivity contribution >= 4 is 28.7 Å². The van der Waals surface area contributed by atoms with Gasteiger partial charge in [0.1, 0.15) is 5.75 Å². The van der Waals surface area contributed by atoms with Gasteiger partial charge < -0.3 is 15.0 Å². The van der Waals surface area contributed by atoms with Crippen LogP contribution in [0.1, 0.15) is 27.2 Å². The molecule has 0 aliphatic carbocycles. The van der Waals surface area contributed by atoms with Crippen molar-refractivity contribution in [3.05, 3.63) is 83.0 Å². The van der Waals surface area contributed by atoms with Crippen LogP contribution in [-0.4, -0.2) is 46.2 Å². The first kappa shape index (κ1) is 22.8. The predicted molar refractivity (Wildman–Crippen MR) is 137 cm³/mol. The van der Waals surface area contributed by atoms with Crippen molar-refractivity contribution in [2.45, 2.75) is 19.0 Å². The molecule has 0 saturated carbocycles. The summed E-state index contributed by atoms with van der Waals surface area (Å²) in [6, 6.07) is 18.4. The summed E-state index contributed by atoms with van der Waals surface area (Å²) in [6.07, 6.45) is 0. The quantitative estimate of drug-likeness (QED) is 0.414. The van der Waals surface area contributed by atoms with Crippen LogP contribution in [0.15, 0.2) is 60.7 Å². The van der Waals surface area contributed by atoms with Crippen LogP contribution in [0.2, 0.25) is 0 Å². The molecule has 6 rings (SSSR count). The Morgan fingerprint density at radius 2 is 1.76 bits per heavy atom. The van der Waals surface area contributed by atoms with E-state index in [9.17, 15) is 14.4 Å². The Balaban J connectivity index is 1.33. The predicted octanol–water partition coefficient (Wildman–Crippen LogP) is 3.25. The molecule has 2 N–H and O–H groups in total. The van der Waals surface area contributed by atoms with E-state index in [1.807, 2.05) is 61.1 Å². The van der Waals surface area contributed by atoms with E-state index in [1.165, 1.54) is 0 Å². The molecule has 1 aromatic heterocycles. The lowest BCUT2D eigenvalue weighted by Crippen LogP contribution is -2.52. The number of benzene rings is 3. The third-order valence-corrected chi connectivity index (χ3v) is 7.41. The highest BCUT2D eigenvalue weighted by atomic mass is 16.5. The SMILES string of the molecule is COc1ccc2c(c1)C(=O)N(C[C@@]1(c3ccc(-c4ccc5nn(C)c(C)c5c4)cc3)NC(=O)NC1=O)C2. The molecule has 9 heteroatoms. The zero-order chi connectivity index (χ0) is 25.9. The molecule has 4 aromatic rings. The molecule has 3 aromatic carbocycles. The molecule has 1 atom stereocenters. The Morgan fingerprint density at radius 1 is 1.00 bits per heavy atom. The van der Waals surface area contributed by atoms with Crippen molar-refractivity contribution in [3.63, 3.8) is 0 Å². The second-order valence-corrected chi connectivity index (χ2v) is 9.52. The van der Waals surface area contributed by atoms with E-state index in [0.29, 0.717) is 23.4 Å². The number of fused-ring (bicyclic) bond motifs is 2. The van der Waals surface area contributed by atoms with Crippen molar-refractivity contribution in [3.8, 4) is 16.9 Å². The van der Waals surface area contributed by atoms with E-state index in [4.69, 9.17) is 4.74 Å². The van der Waals surface area contributed by atoms with Gasteiger partial charge in [0.05, 0.1) is 19.2 Å². The van der Waals surface area contributed by atoms with Crippen LogP contribution in [-0.2, 0) is 23.9 Å². The molecular weight excluding hydrogens is 470 g/mol. The summed E-state index contributed by atoms with van der Waals surface area (Å²) in [5, 5.41) is 10.7. The van der Waals surface area contributed by atoms with E-state index in [2.05, 4.69) is 21.8 Å². The van der Waals surface area contributed by atoms with E-state index in [1.54, 1.807) is 24.1 Å². The molecule has 3 heterocycles. The standard InChI is InChI=1S/C28H25N5O4/c1-16-22-12-18(7-11-24(22)31-32(16)2)17-4-8-20(9-5-17)28(26(35)29-27(36)30-28)15-33-14-19-6-10-21(37-3)13-23(19)25(33)34/h4-13H,14-15H2,1-3H3,(H2,29,30,35,36)/t28-/m0/s1. The average Bonchev–Trinajstić information content (AvgIpc) is 3.48. The molecule has 4 amide bonds. The number of nitrogens with one attached hydrogen (secondary N) is 2. The van der Waals surface area contributed by atoms with Crippen LogP contribution >= 0.6 is 0 Å². The first-order chi connectivity index (χ1) is 17.8. The summed E-state index contributed by atoms with van der Waals surface area (Å²) in [5.41, 5.74) is 4.57. The lowest BCUT2D eigenvalue weighted by molar-refractivity contribution is -0.124. The maximum absolute atomic E-state index is 13.2. The van der Waals surface area contributed by atoms with Gasteiger partial charge in [0.25, 0.3) is 11.8 Å². The highest BCUT2D eigenvalue weighted by Crippen LogP contribution is 2.34. The van der Waals surface area contributed by atoms with Gasteiger partial charge >= 0.3 is 6.03 Å². The Bertz CT molecular complexity index is 1610. The largest absolute Gasteiger partial charge is 0.497 e. The Hall–Kier alpha value is -4.66. The van der Waals surface area contributed by atoms with Gasteiger partial charge in [0.15, 0.2) is 5.54 Å². The normalized spacial score (nSPS) is 18.8. The van der Waals surface area contributed by atoms with E-state index in [0.717, 1.165) is 33.3 Å². The van der Waals surface area contributed by atoms with Gasteiger partial charge in [-0.25, -0.2) is 4.79 Å². The smallest absolute Gasteiger partial charge is 0.322 e. The van der Waals surface area contributed by atoms with Crippen LogP contribution in [0.3, 0.4) is 0 Å². The number of aryl methyl sites for hydroxylation is 2. The zero-order valence-electron chi connectivity index (χ0n) is 20.7. The van der Waals surface area contributed by atoms with Crippen LogP contribution in [0.4, 0.5) is 4.79 Å². The molecule has 0 radical (unpaired) electrons. The molecule has 9 nitrogen and oxygen atoms in total. The number of imide groups is 1. The molecule has 0 bridgehead atoms. The van der Waals surface area contributed by atoms with Gasteiger partial charge in [-0.1, -0.05) is 36.4 Å². The minimum Gasteiger partial charge on any atom is -0.497 e.